The van der Waals surface area contributed by atoms with Crippen LogP contribution in [0, 0.1) is 11.6 Å². The lowest BCUT2D eigenvalue weighted by molar-refractivity contribution is 0.385. The van der Waals surface area contributed by atoms with E-state index in [4.69, 9.17) is 4.74 Å². The normalized spacial score (nSPS) is 11.4. The predicted molar refractivity (Wildman–Crippen MR) is 73.4 cm³/mol. The Morgan fingerprint density at radius 3 is 2.33 bits per heavy atom. The topological polar surface area (TPSA) is 55.4 Å². The summed E-state index contributed by atoms with van der Waals surface area (Å²) in [4.78, 5) is -0.206. The Hall–Kier alpha value is -1.99. The lowest BCUT2D eigenvalue weighted by atomic mass is 10.2. The quantitative estimate of drug-likeness (QED) is 0.922. The largest absolute Gasteiger partial charge is 0.494 e. The second-order valence-electron chi connectivity index (χ2n) is 4.25. The minimum absolute atomic E-state index is 0.0176. The molecule has 1 N–H and O–H groups in total. The molecular formula is C14H13F2NO3S. The van der Waals surface area contributed by atoms with Gasteiger partial charge in [-0.2, -0.15) is 0 Å². The van der Waals surface area contributed by atoms with Gasteiger partial charge in [0, 0.05) is 6.54 Å². The highest BCUT2D eigenvalue weighted by molar-refractivity contribution is 7.89. The number of nitrogens with one attached hydrogen (secondary N) is 1. The molecule has 0 fully saturated rings. The van der Waals surface area contributed by atoms with Gasteiger partial charge < -0.3 is 4.74 Å². The Labute approximate surface area is 121 Å². The van der Waals surface area contributed by atoms with Crippen molar-refractivity contribution in [1.82, 2.24) is 4.72 Å². The molecule has 0 aliphatic carbocycles. The molecule has 0 saturated heterocycles. The van der Waals surface area contributed by atoms with Gasteiger partial charge in [0.1, 0.15) is 5.82 Å². The van der Waals surface area contributed by atoms with Gasteiger partial charge in [-0.05, 0) is 35.9 Å². The predicted octanol–water partition coefficient (Wildman–Crippen LogP) is 2.45. The van der Waals surface area contributed by atoms with Crippen LogP contribution >= 0.6 is 0 Å². The maximum absolute atomic E-state index is 13.5. The Bertz CT molecular complexity index is 730. The molecule has 0 unspecified atom stereocenters. The average molecular weight is 313 g/mol. The molecule has 112 valence electrons. The summed E-state index contributed by atoms with van der Waals surface area (Å²) in [7, 11) is -2.56. The Kier molecular flexibility index (Phi) is 4.54. The molecule has 7 heteroatoms. The van der Waals surface area contributed by atoms with Crippen molar-refractivity contribution in [1.29, 1.82) is 0 Å². The SMILES string of the molecule is COc1ccc(S(=O)(=O)NCc2ccc(F)cc2)cc1F. The Morgan fingerprint density at radius 2 is 1.76 bits per heavy atom. The van der Waals surface area contributed by atoms with Crippen molar-refractivity contribution >= 4 is 10.0 Å². The number of hydrogen-bond acceptors (Lipinski definition) is 3. The second-order valence-corrected chi connectivity index (χ2v) is 6.01. The summed E-state index contributed by atoms with van der Waals surface area (Å²) in [6, 6.07) is 8.76. The molecule has 0 radical (unpaired) electrons. The molecule has 0 atom stereocenters. The lowest BCUT2D eigenvalue weighted by Crippen LogP contribution is -2.23. The maximum atomic E-state index is 13.5. The van der Waals surface area contributed by atoms with Crippen LogP contribution in [0.5, 0.6) is 5.75 Å². The molecule has 0 heterocycles. The first-order valence-corrected chi connectivity index (χ1v) is 7.48. The summed E-state index contributed by atoms with van der Waals surface area (Å²) >= 11 is 0. The molecule has 0 aromatic heterocycles. The fourth-order valence-corrected chi connectivity index (χ4v) is 2.71. The van der Waals surface area contributed by atoms with Gasteiger partial charge in [-0.15, -0.1) is 0 Å². The smallest absolute Gasteiger partial charge is 0.240 e. The third kappa shape index (κ3) is 3.77. The van der Waals surface area contributed by atoms with E-state index in [1.54, 1.807) is 0 Å². The minimum atomic E-state index is -3.86. The zero-order valence-corrected chi connectivity index (χ0v) is 12.0. The van der Waals surface area contributed by atoms with Crippen molar-refractivity contribution in [2.75, 3.05) is 7.11 Å². The molecular weight excluding hydrogens is 300 g/mol. The molecule has 0 aliphatic rings. The third-order valence-electron chi connectivity index (χ3n) is 2.81. The number of methoxy groups -OCH3 is 1. The number of halogens is 2. The van der Waals surface area contributed by atoms with Crippen molar-refractivity contribution < 1.29 is 21.9 Å². The molecule has 21 heavy (non-hydrogen) atoms. The van der Waals surface area contributed by atoms with Crippen LogP contribution in [0.25, 0.3) is 0 Å². The summed E-state index contributed by atoms with van der Waals surface area (Å²) in [6.45, 7) is -0.0176. The van der Waals surface area contributed by atoms with E-state index in [0.717, 1.165) is 6.07 Å². The van der Waals surface area contributed by atoms with E-state index in [1.165, 1.54) is 43.5 Å². The van der Waals surface area contributed by atoms with Crippen molar-refractivity contribution in [3.63, 3.8) is 0 Å². The lowest BCUT2D eigenvalue weighted by Gasteiger charge is -2.08. The van der Waals surface area contributed by atoms with E-state index < -0.39 is 21.7 Å². The molecule has 2 aromatic rings. The summed E-state index contributed by atoms with van der Waals surface area (Å²) in [6.07, 6.45) is 0. The first-order chi connectivity index (χ1) is 9.92. The molecule has 0 aliphatic heterocycles. The van der Waals surface area contributed by atoms with E-state index >= 15 is 0 Å². The highest BCUT2D eigenvalue weighted by Gasteiger charge is 2.16. The van der Waals surface area contributed by atoms with Crippen LogP contribution in [0.4, 0.5) is 8.78 Å². The molecule has 2 rings (SSSR count). The minimum Gasteiger partial charge on any atom is -0.494 e. The van der Waals surface area contributed by atoms with Gasteiger partial charge >= 0.3 is 0 Å². The molecule has 0 spiro atoms. The van der Waals surface area contributed by atoms with E-state index in [2.05, 4.69) is 4.72 Å². The molecule has 4 nitrogen and oxygen atoms in total. The Morgan fingerprint density at radius 1 is 1.10 bits per heavy atom. The molecule has 2 aromatic carbocycles. The van der Waals surface area contributed by atoms with Crippen LogP contribution in [-0.2, 0) is 16.6 Å². The van der Waals surface area contributed by atoms with Gasteiger partial charge in [0.15, 0.2) is 11.6 Å². The molecule has 0 amide bonds. The van der Waals surface area contributed by atoms with E-state index in [-0.39, 0.29) is 17.2 Å². The monoisotopic (exact) mass is 313 g/mol. The van der Waals surface area contributed by atoms with Crippen LogP contribution in [-0.4, -0.2) is 15.5 Å². The number of ether oxygens (including phenoxy) is 1. The van der Waals surface area contributed by atoms with Gasteiger partial charge in [0.25, 0.3) is 0 Å². The van der Waals surface area contributed by atoms with Crippen molar-refractivity contribution in [3.8, 4) is 5.75 Å². The fourth-order valence-electron chi connectivity index (χ4n) is 1.68. The van der Waals surface area contributed by atoms with Gasteiger partial charge in [-0.1, -0.05) is 12.1 Å². The first kappa shape index (κ1) is 15.4. The highest BCUT2D eigenvalue weighted by Crippen LogP contribution is 2.20. The summed E-state index contributed by atoms with van der Waals surface area (Å²) in [5.41, 5.74) is 0.592. The van der Waals surface area contributed by atoms with Crippen LogP contribution in [0.1, 0.15) is 5.56 Å². The van der Waals surface area contributed by atoms with Gasteiger partial charge in [-0.3, -0.25) is 0 Å². The van der Waals surface area contributed by atoms with Crippen LogP contribution < -0.4 is 9.46 Å². The fraction of sp³-hybridized carbons (Fsp3) is 0.143. The van der Waals surface area contributed by atoms with Gasteiger partial charge in [0.2, 0.25) is 10.0 Å². The standard InChI is InChI=1S/C14H13F2NO3S/c1-20-14-7-6-12(8-13(14)16)21(18,19)17-9-10-2-4-11(15)5-3-10/h2-8,17H,9H2,1H3. The number of rotatable bonds is 5. The number of benzene rings is 2. The van der Waals surface area contributed by atoms with Crippen molar-refractivity contribution in [3.05, 3.63) is 59.7 Å². The number of sulfonamides is 1. The zero-order valence-electron chi connectivity index (χ0n) is 11.1. The molecule has 0 saturated carbocycles. The zero-order chi connectivity index (χ0) is 15.5. The number of hydrogen-bond donors (Lipinski definition) is 1. The van der Waals surface area contributed by atoms with Crippen molar-refractivity contribution in [2.45, 2.75) is 11.4 Å². The summed E-state index contributed by atoms with van der Waals surface area (Å²) < 4.78 is 57.4. The molecule has 0 bridgehead atoms. The van der Waals surface area contributed by atoms with Crippen molar-refractivity contribution in [2.24, 2.45) is 0 Å². The Balaban J connectivity index is 2.14. The van der Waals surface area contributed by atoms with E-state index in [9.17, 15) is 17.2 Å². The van der Waals surface area contributed by atoms with Gasteiger partial charge in [0.05, 0.1) is 12.0 Å². The van der Waals surface area contributed by atoms with E-state index in [0.29, 0.717) is 5.56 Å². The van der Waals surface area contributed by atoms with Crippen LogP contribution in [0.15, 0.2) is 47.4 Å². The van der Waals surface area contributed by atoms with Gasteiger partial charge in [-0.25, -0.2) is 21.9 Å². The maximum Gasteiger partial charge on any atom is 0.240 e. The van der Waals surface area contributed by atoms with Crippen LogP contribution in [0.2, 0.25) is 0 Å². The summed E-state index contributed by atoms with van der Waals surface area (Å²) in [5, 5.41) is 0. The first-order valence-electron chi connectivity index (χ1n) is 6.00. The van der Waals surface area contributed by atoms with Crippen LogP contribution in [0.3, 0.4) is 0 Å². The summed E-state index contributed by atoms with van der Waals surface area (Å²) in [5.74, 6) is -1.20. The third-order valence-corrected chi connectivity index (χ3v) is 4.21. The highest BCUT2D eigenvalue weighted by atomic mass is 32.2. The second kappa shape index (κ2) is 6.19. The average Bonchev–Trinajstić information content (AvgIpc) is 2.46. The van der Waals surface area contributed by atoms with E-state index in [1.807, 2.05) is 0 Å².